The van der Waals surface area contributed by atoms with Crippen LogP contribution in [0.3, 0.4) is 0 Å². The van der Waals surface area contributed by atoms with E-state index in [0.29, 0.717) is 17.0 Å². The number of hydrogen-bond donors (Lipinski definition) is 1. The molecule has 10 heteroatoms. The summed E-state index contributed by atoms with van der Waals surface area (Å²) in [6.45, 7) is 4.97. The normalized spacial score (nSPS) is 12.4. The highest BCUT2D eigenvalue weighted by Crippen LogP contribution is 2.37. The number of hydrogen-bond acceptors (Lipinski definition) is 4. The maximum absolute atomic E-state index is 13.7. The number of alkyl halides is 4. The lowest BCUT2D eigenvalue weighted by Crippen LogP contribution is -2.21. The maximum atomic E-state index is 13.7. The van der Waals surface area contributed by atoms with Gasteiger partial charge in [-0.1, -0.05) is 13.8 Å². The molecule has 0 amide bonds. The molecular formula is C21H22F4N6. The third-order valence-corrected chi connectivity index (χ3v) is 5.25. The average Bonchev–Trinajstić information content (AvgIpc) is 3.31. The van der Waals surface area contributed by atoms with Crippen molar-refractivity contribution < 1.29 is 17.6 Å². The van der Waals surface area contributed by atoms with Crippen molar-refractivity contribution in [2.75, 3.05) is 25.2 Å². The van der Waals surface area contributed by atoms with Gasteiger partial charge in [0.1, 0.15) is 23.7 Å². The molecule has 0 saturated heterocycles. The molecule has 6 nitrogen and oxygen atoms in total. The lowest BCUT2D eigenvalue weighted by atomic mass is 10.1. The zero-order valence-electron chi connectivity index (χ0n) is 17.5. The average molecular weight is 434 g/mol. The van der Waals surface area contributed by atoms with E-state index in [4.69, 9.17) is 0 Å². The number of aromatic amines is 1. The van der Waals surface area contributed by atoms with Crippen molar-refractivity contribution in [2.24, 2.45) is 0 Å². The van der Waals surface area contributed by atoms with Crippen molar-refractivity contribution in [3.8, 4) is 5.69 Å². The van der Waals surface area contributed by atoms with Gasteiger partial charge in [-0.3, -0.25) is 9.67 Å². The Labute approximate surface area is 175 Å². The predicted molar refractivity (Wildman–Crippen MR) is 112 cm³/mol. The van der Waals surface area contributed by atoms with Gasteiger partial charge in [0.25, 0.3) is 0 Å². The second kappa shape index (κ2) is 7.51. The van der Waals surface area contributed by atoms with E-state index in [0.717, 1.165) is 22.5 Å². The van der Waals surface area contributed by atoms with Gasteiger partial charge in [0.15, 0.2) is 5.65 Å². The Bertz CT molecular complexity index is 1250. The van der Waals surface area contributed by atoms with E-state index >= 15 is 0 Å². The number of nitrogens with zero attached hydrogens (tertiary/aromatic N) is 5. The summed E-state index contributed by atoms with van der Waals surface area (Å²) in [5.74, 6) is 0.474. The molecule has 164 valence electrons. The number of fused-ring (bicyclic) bond motifs is 2. The Morgan fingerprint density at radius 2 is 1.90 bits per heavy atom. The van der Waals surface area contributed by atoms with Gasteiger partial charge in [0.05, 0.1) is 17.4 Å². The van der Waals surface area contributed by atoms with Crippen LogP contribution in [-0.4, -0.2) is 45.0 Å². The highest BCUT2D eigenvalue weighted by Gasteiger charge is 2.35. The number of nitrogens with one attached hydrogen (secondary N) is 1. The topological polar surface area (TPSA) is 62.6 Å². The van der Waals surface area contributed by atoms with Gasteiger partial charge < -0.3 is 4.90 Å². The van der Waals surface area contributed by atoms with E-state index in [-0.39, 0.29) is 23.8 Å². The fourth-order valence-electron chi connectivity index (χ4n) is 3.72. The molecule has 3 aromatic heterocycles. The standard InChI is InChI=1S/C21H22F4N6/c1-11(2)19-28-18-15(30(4)6-5-22)9-16(21(23,24)25)27-20(18)31(19)14-7-12(3)17-13(8-14)10-26-29-17/h7-11H,5-6H2,1-4H3,(H,26,29). The molecule has 1 N–H and O–H groups in total. The van der Waals surface area contributed by atoms with Crippen LogP contribution >= 0.6 is 0 Å². The summed E-state index contributed by atoms with van der Waals surface area (Å²) in [6, 6.07) is 4.64. The molecule has 0 atom stereocenters. The van der Waals surface area contributed by atoms with Crippen LogP contribution in [0.1, 0.15) is 36.8 Å². The van der Waals surface area contributed by atoms with Gasteiger partial charge in [-0.05, 0) is 30.7 Å². The molecule has 0 aliphatic carbocycles. The molecule has 0 aliphatic heterocycles. The monoisotopic (exact) mass is 434 g/mol. The zero-order chi connectivity index (χ0) is 22.5. The Hall–Kier alpha value is -3.17. The summed E-state index contributed by atoms with van der Waals surface area (Å²) in [4.78, 5) is 10.1. The summed E-state index contributed by atoms with van der Waals surface area (Å²) < 4.78 is 55.7. The number of rotatable bonds is 5. The second-order valence-corrected chi connectivity index (χ2v) is 7.86. The third-order valence-electron chi connectivity index (χ3n) is 5.25. The van der Waals surface area contributed by atoms with E-state index in [1.807, 2.05) is 32.9 Å². The van der Waals surface area contributed by atoms with E-state index in [9.17, 15) is 17.6 Å². The molecular weight excluding hydrogens is 412 g/mol. The van der Waals surface area contributed by atoms with Crippen molar-refractivity contribution >= 4 is 27.8 Å². The second-order valence-electron chi connectivity index (χ2n) is 7.86. The quantitative estimate of drug-likeness (QED) is 0.441. The van der Waals surface area contributed by atoms with Crippen molar-refractivity contribution in [3.05, 3.63) is 41.5 Å². The van der Waals surface area contributed by atoms with Crippen molar-refractivity contribution in [1.29, 1.82) is 0 Å². The van der Waals surface area contributed by atoms with Gasteiger partial charge in [0, 0.05) is 30.6 Å². The molecule has 0 saturated carbocycles. The van der Waals surface area contributed by atoms with Gasteiger partial charge >= 0.3 is 6.18 Å². The molecule has 1 aromatic carbocycles. The minimum absolute atomic E-state index is 0.0552. The Morgan fingerprint density at radius 1 is 1.16 bits per heavy atom. The fourth-order valence-corrected chi connectivity index (χ4v) is 3.72. The molecule has 0 fully saturated rings. The molecule has 31 heavy (non-hydrogen) atoms. The van der Waals surface area contributed by atoms with E-state index in [2.05, 4.69) is 20.2 Å². The summed E-state index contributed by atoms with van der Waals surface area (Å²) in [7, 11) is 1.55. The molecule has 0 radical (unpaired) electrons. The van der Waals surface area contributed by atoms with Gasteiger partial charge in [-0.2, -0.15) is 18.3 Å². The largest absolute Gasteiger partial charge is 0.433 e. The molecule has 4 aromatic rings. The van der Waals surface area contributed by atoms with Crippen molar-refractivity contribution in [1.82, 2.24) is 24.7 Å². The number of aryl methyl sites for hydroxylation is 1. The minimum atomic E-state index is -4.66. The Balaban J connectivity index is 2.09. The zero-order valence-corrected chi connectivity index (χ0v) is 17.5. The maximum Gasteiger partial charge on any atom is 0.433 e. The van der Waals surface area contributed by atoms with Gasteiger partial charge in [0.2, 0.25) is 0 Å². The van der Waals surface area contributed by atoms with Gasteiger partial charge in [-0.25, -0.2) is 14.4 Å². The van der Waals surface area contributed by atoms with Crippen molar-refractivity contribution in [3.63, 3.8) is 0 Å². The lowest BCUT2D eigenvalue weighted by Gasteiger charge is -2.19. The third kappa shape index (κ3) is 3.60. The van der Waals surface area contributed by atoms with Crippen molar-refractivity contribution in [2.45, 2.75) is 32.9 Å². The summed E-state index contributed by atoms with van der Waals surface area (Å²) in [5, 5.41) is 7.80. The molecule has 3 heterocycles. The number of anilines is 1. The number of imidazole rings is 1. The number of H-pyrrole nitrogens is 1. The first-order valence-corrected chi connectivity index (χ1v) is 9.83. The van der Waals surface area contributed by atoms with Crippen LogP contribution in [0.5, 0.6) is 0 Å². The Morgan fingerprint density at radius 3 is 2.55 bits per heavy atom. The smallest absolute Gasteiger partial charge is 0.370 e. The first kappa shape index (κ1) is 21.1. The predicted octanol–water partition coefficient (Wildman–Crippen LogP) is 5.15. The van der Waals surface area contributed by atoms with Crippen LogP contribution in [0.4, 0.5) is 23.2 Å². The number of pyridine rings is 1. The number of aromatic nitrogens is 5. The molecule has 4 rings (SSSR count). The summed E-state index contributed by atoms with van der Waals surface area (Å²) in [5.41, 5.74) is 1.92. The SMILES string of the molecule is Cc1cc(-n2c(C(C)C)nc3c(N(C)CCF)cc(C(F)(F)F)nc32)cc2cn[nH]c12. The molecule has 0 spiro atoms. The minimum Gasteiger partial charge on any atom is -0.370 e. The lowest BCUT2D eigenvalue weighted by molar-refractivity contribution is -0.140. The molecule has 0 bridgehead atoms. The number of halogens is 4. The van der Waals surface area contributed by atoms with E-state index in [1.165, 1.54) is 4.90 Å². The Kier molecular flexibility index (Phi) is 5.10. The van der Waals surface area contributed by atoms with Gasteiger partial charge in [-0.15, -0.1) is 0 Å². The van der Waals surface area contributed by atoms with Crippen LogP contribution in [0, 0.1) is 6.92 Å². The van der Waals surface area contributed by atoms with E-state index < -0.39 is 18.5 Å². The van der Waals surface area contributed by atoms with Crippen LogP contribution in [0.15, 0.2) is 24.4 Å². The highest BCUT2D eigenvalue weighted by molar-refractivity contribution is 5.90. The van der Waals surface area contributed by atoms with E-state index in [1.54, 1.807) is 17.8 Å². The van der Waals surface area contributed by atoms with Crippen LogP contribution in [0.2, 0.25) is 0 Å². The first-order chi connectivity index (χ1) is 14.6. The highest BCUT2D eigenvalue weighted by atomic mass is 19.4. The summed E-state index contributed by atoms with van der Waals surface area (Å²) >= 11 is 0. The molecule has 0 aliphatic rings. The van der Waals surface area contributed by atoms with Crippen LogP contribution in [-0.2, 0) is 6.18 Å². The number of benzene rings is 1. The first-order valence-electron chi connectivity index (χ1n) is 9.83. The summed E-state index contributed by atoms with van der Waals surface area (Å²) in [6.07, 6.45) is -2.99. The van der Waals surface area contributed by atoms with Crippen LogP contribution in [0.25, 0.3) is 27.8 Å². The molecule has 0 unspecified atom stereocenters. The fraction of sp³-hybridized carbons (Fsp3) is 0.381. The van der Waals surface area contributed by atoms with Crippen LogP contribution < -0.4 is 4.90 Å².